The zero-order valence-corrected chi connectivity index (χ0v) is 12.1. The van der Waals surface area contributed by atoms with Crippen LogP contribution >= 0.6 is 0 Å². The third-order valence-corrected chi connectivity index (χ3v) is 4.73. The molecule has 0 saturated carbocycles. The quantitative estimate of drug-likeness (QED) is 0.823. The van der Waals surface area contributed by atoms with Crippen molar-refractivity contribution in [3.05, 3.63) is 23.8 Å². The van der Waals surface area contributed by atoms with Gasteiger partial charge in [0.05, 0.1) is 18.1 Å². The van der Waals surface area contributed by atoms with Crippen molar-refractivity contribution < 1.29 is 17.9 Å². The van der Waals surface area contributed by atoms with Crippen molar-refractivity contribution >= 4 is 21.4 Å². The topological polar surface area (TPSA) is 89.7 Å². The molecule has 0 atom stereocenters. The van der Waals surface area contributed by atoms with Gasteiger partial charge in [0.15, 0.2) is 9.84 Å². The molecule has 20 heavy (non-hydrogen) atoms. The Morgan fingerprint density at radius 2 is 1.95 bits per heavy atom. The van der Waals surface area contributed by atoms with E-state index >= 15 is 0 Å². The van der Waals surface area contributed by atoms with Crippen LogP contribution in [0.15, 0.2) is 18.2 Å². The summed E-state index contributed by atoms with van der Waals surface area (Å²) >= 11 is 0. The van der Waals surface area contributed by atoms with Crippen LogP contribution in [0.4, 0.5) is 5.69 Å². The molecule has 1 heterocycles. The zero-order chi connectivity index (χ0) is 14.8. The lowest BCUT2D eigenvalue weighted by molar-refractivity contribution is 0.0770. The highest BCUT2D eigenvalue weighted by molar-refractivity contribution is 7.91. The number of rotatable bonds is 3. The Labute approximate surface area is 118 Å². The van der Waals surface area contributed by atoms with E-state index in [1.165, 1.54) is 4.90 Å². The molecule has 0 bridgehead atoms. The summed E-state index contributed by atoms with van der Waals surface area (Å²) in [6.45, 7) is 2.78. The molecule has 2 N–H and O–H groups in total. The number of hydrogen-bond acceptors (Lipinski definition) is 5. The standard InChI is InChI=1S/C13H18N2O4S/c1-2-19-12-8-10(7-11(14)9-12)13(16)15-3-5-20(17,18)6-4-15/h7-9H,2-6,14H2,1H3. The fraction of sp³-hybridized carbons (Fsp3) is 0.462. The number of nitrogens with two attached hydrogens (primary N) is 1. The SMILES string of the molecule is CCOc1cc(N)cc(C(=O)N2CCS(=O)(=O)CC2)c1. The maximum absolute atomic E-state index is 12.3. The van der Waals surface area contributed by atoms with Gasteiger partial charge in [0, 0.05) is 30.4 Å². The van der Waals surface area contributed by atoms with Gasteiger partial charge in [-0.1, -0.05) is 0 Å². The van der Waals surface area contributed by atoms with Gasteiger partial charge in [0.2, 0.25) is 0 Å². The molecule has 110 valence electrons. The molecular weight excluding hydrogens is 280 g/mol. The summed E-state index contributed by atoms with van der Waals surface area (Å²) in [5.41, 5.74) is 6.63. The van der Waals surface area contributed by atoms with Crippen LogP contribution in [0.5, 0.6) is 5.75 Å². The van der Waals surface area contributed by atoms with Crippen molar-refractivity contribution in [3.8, 4) is 5.75 Å². The zero-order valence-electron chi connectivity index (χ0n) is 11.3. The van der Waals surface area contributed by atoms with Gasteiger partial charge in [-0.2, -0.15) is 0 Å². The number of benzene rings is 1. The summed E-state index contributed by atoms with van der Waals surface area (Å²) in [4.78, 5) is 13.9. The molecule has 0 unspecified atom stereocenters. The van der Waals surface area contributed by atoms with Gasteiger partial charge in [-0.25, -0.2) is 8.42 Å². The van der Waals surface area contributed by atoms with Gasteiger partial charge < -0.3 is 15.4 Å². The first kappa shape index (κ1) is 14.6. The Morgan fingerprint density at radius 1 is 1.30 bits per heavy atom. The molecule has 1 aliphatic heterocycles. The molecule has 0 aliphatic carbocycles. The maximum Gasteiger partial charge on any atom is 0.254 e. The summed E-state index contributed by atoms with van der Waals surface area (Å²) in [5, 5.41) is 0. The number of sulfone groups is 1. The Kier molecular flexibility index (Phi) is 4.17. The van der Waals surface area contributed by atoms with E-state index in [1.807, 2.05) is 6.92 Å². The summed E-state index contributed by atoms with van der Waals surface area (Å²) in [6, 6.07) is 4.86. The molecule has 2 rings (SSSR count). The molecule has 1 aromatic carbocycles. The Balaban J connectivity index is 2.17. The van der Waals surface area contributed by atoms with Crippen LogP contribution in [-0.2, 0) is 9.84 Å². The number of carbonyl (C=O) groups is 1. The van der Waals surface area contributed by atoms with Crippen LogP contribution in [0, 0.1) is 0 Å². The molecule has 1 aliphatic rings. The number of nitrogen functional groups attached to an aromatic ring is 1. The third kappa shape index (κ3) is 3.41. The normalized spacial score (nSPS) is 17.8. The predicted molar refractivity (Wildman–Crippen MR) is 76.6 cm³/mol. The highest BCUT2D eigenvalue weighted by Gasteiger charge is 2.26. The minimum atomic E-state index is -3.00. The van der Waals surface area contributed by atoms with E-state index in [-0.39, 0.29) is 30.5 Å². The van der Waals surface area contributed by atoms with Crippen LogP contribution in [0.25, 0.3) is 0 Å². The fourth-order valence-electron chi connectivity index (χ4n) is 2.09. The smallest absolute Gasteiger partial charge is 0.254 e. The molecule has 0 aromatic heterocycles. The van der Waals surface area contributed by atoms with Gasteiger partial charge in [0.25, 0.3) is 5.91 Å². The molecule has 1 fully saturated rings. The van der Waals surface area contributed by atoms with E-state index in [1.54, 1.807) is 18.2 Å². The Bertz CT molecular complexity index is 599. The van der Waals surface area contributed by atoms with Crippen molar-refractivity contribution in [3.63, 3.8) is 0 Å². The number of hydrogen-bond donors (Lipinski definition) is 1. The number of ether oxygens (including phenoxy) is 1. The summed E-state index contributed by atoms with van der Waals surface area (Å²) in [7, 11) is -3.00. The second-order valence-corrected chi connectivity index (χ2v) is 6.97. The molecule has 1 saturated heterocycles. The molecular formula is C13H18N2O4S. The van der Waals surface area contributed by atoms with Crippen molar-refractivity contribution in [1.82, 2.24) is 4.90 Å². The number of anilines is 1. The van der Waals surface area contributed by atoms with Crippen molar-refractivity contribution in [2.24, 2.45) is 0 Å². The predicted octanol–water partition coefficient (Wildman–Crippen LogP) is 0.538. The van der Waals surface area contributed by atoms with E-state index in [0.717, 1.165) is 0 Å². The van der Waals surface area contributed by atoms with Crippen molar-refractivity contribution in [2.75, 3.05) is 36.9 Å². The van der Waals surface area contributed by atoms with E-state index in [4.69, 9.17) is 10.5 Å². The average molecular weight is 298 g/mol. The summed E-state index contributed by atoms with van der Waals surface area (Å²) < 4.78 is 28.1. The van der Waals surface area contributed by atoms with Gasteiger partial charge in [-0.05, 0) is 19.1 Å². The van der Waals surface area contributed by atoms with E-state index in [0.29, 0.717) is 23.6 Å². The maximum atomic E-state index is 12.3. The number of carbonyl (C=O) groups excluding carboxylic acids is 1. The monoisotopic (exact) mass is 298 g/mol. The second-order valence-electron chi connectivity index (χ2n) is 4.67. The Hall–Kier alpha value is -1.76. The highest BCUT2D eigenvalue weighted by atomic mass is 32.2. The molecule has 1 aromatic rings. The fourth-order valence-corrected chi connectivity index (χ4v) is 3.29. The van der Waals surface area contributed by atoms with Crippen LogP contribution in [0.1, 0.15) is 17.3 Å². The average Bonchev–Trinajstić information content (AvgIpc) is 2.37. The minimum Gasteiger partial charge on any atom is -0.494 e. The van der Waals surface area contributed by atoms with Crippen molar-refractivity contribution in [2.45, 2.75) is 6.92 Å². The molecule has 6 nitrogen and oxygen atoms in total. The van der Waals surface area contributed by atoms with E-state index < -0.39 is 9.84 Å². The second kappa shape index (κ2) is 5.70. The molecule has 0 radical (unpaired) electrons. The van der Waals surface area contributed by atoms with Gasteiger partial charge in [-0.3, -0.25) is 4.79 Å². The minimum absolute atomic E-state index is 0.0133. The first-order valence-electron chi connectivity index (χ1n) is 6.44. The van der Waals surface area contributed by atoms with Gasteiger partial charge in [0.1, 0.15) is 5.75 Å². The van der Waals surface area contributed by atoms with E-state index in [2.05, 4.69) is 0 Å². The van der Waals surface area contributed by atoms with E-state index in [9.17, 15) is 13.2 Å². The summed E-state index contributed by atoms with van der Waals surface area (Å²) in [6.07, 6.45) is 0. The van der Waals surface area contributed by atoms with Gasteiger partial charge in [-0.15, -0.1) is 0 Å². The first-order chi connectivity index (χ1) is 9.41. The third-order valence-electron chi connectivity index (χ3n) is 3.12. The number of amides is 1. The van der Waals surface area contributed by atoms with Gasteiger partial charge >= 0.3 is 0 Å². The lowest BCUT2D eigenvalue weighted by atomic mass is 10.1. The van der Waals surface area contributed by atoms with Crippen LogP contribution < -0.4 is 10.5 Å². The number of nitrogens with zero attached hydrogens (tertiary/aromatic N) is 1. The molecule has 1 amide bonds. The molecule has 0 spiro atoms. The highest BCUT2D eigenvalue weighted by Crippen LogP contribution is 2.21. The Morgan fingerprint density at radius 3 is 2.55 bits per heavy atom. The molecule has 7 heteroatoms. The lowest BCUT2D eigenvalue weighted by Gasteiger charge is -2.27. The van der Waals surface area contributed by atoms with Crippen LogP contribution in [0.2, 0.25) is 0 Å². The first-order valence-corrected chi connectivity index (χ1v) is 8.26. The summed E-state index contributed by atoms with van der Waals surface area (Å²) in [5.74, 6) is 0.354. The van der Waals surface area contributed by atoms with Crippen LogP contribution in [0.3, 0.4) is 0 Å². The largest absolute Gasteiger partial charge is 0.494 e. The van der Waals surface area contributed by atoms with Crippen LogP contribution in [-0.4, -0.2) is 50.4 Å². The van der Waals surface area contributed by atoms with Crippen molar-refractivity contribution in [1.29, 1.82) is 0 Å². The lowest BCUT2D eigenvalue weighted by Crippen LogP contribution is -2.43.